The molecule has 0 aliphatic heterocycles. The van der Waals surface area contributed by atoms with E-state index in [2.05, 4.69) is 15.9 Å². The van der Waals surface area contributed by atoms with Crippen molar-refractivity contribution in [2.75, 3.05) is 6.26 Å². The average molecular weight is 280 g/mol. The Labute approximate surface area is 88.9 Å². The zero-order chi connectivity index (χ0) is 10.9. The van der Waals surface area contributed by atoms with E-state index in [4.69, 9.17) is 0 Å². The monoisotopic (exact) mass is 279 g/mol. The summed E-state index contributed by atoms with van der Waals surface area (Å²) in [6.45, 7) is 0. The van der Waals surface area contributed by atoms with Gasteiger partial charge in [0.15, 0.2) is 9.84 Å². The first-order chi connectivity index (χ1) is 6.32. The summed E-state index contributed by atoms with van der Waals surface area (Å²) in [5.41, 5.74) is -0.242. The first-order valence-corrected chi connectivity index (χ1v) is 6.15. The molecule has 1 aromatic carbocycles. The highest BCUT2D eigenvalue weighted by Crippen LogP contribution is 2.26. The normalized spacial score (nSPS) is 11.3. The van der Waals surface area contributed by atoms with Gasteiger partial charge in [0.25, 0.3) is 5.69 Å². The van der Waals surface area contributed by atoms with Crippen LogP contribution >= 0.6 is 15.9 Å². The average Bonchev–Trinajstić information content (AvgIpc) is 2.02. The van der Waals surface area contributed by atoms with Crippen LogP contribution in [-0.4, -0.2) is 19.6 Å². The summed E-state index contributed by atoms with van der Waals surface area (Å²) in [4.78, 5) is 9.67. The van der Waals surface area contributed by atoms with E-state index in [1.807, 2.05) is 0 Å². The van der Waals surface area contributed by atoms with E-state index in [9.17, 15) is 18.5 Å². The summed E-state index contributed by atoms with van der Waals surface area (Å²) in [6, 6.07) is 3.60. The van der Waals surface area contributed by atoms with Crippen LogP contribution in [0.3, 0.4) is 0 Å². The van der Waals surface area contributed by atoms with E-state index in [0.717, 1.165) is 12.3 Å². The Morgan fingerprint density at radius 2 is 2.00 bits per heavy atom. The van der Waals surface area contributed by atoms with Crippen molar-refractivity contribution in [3.05, 3.63) is 32.8 Å². The predicted molar refractivity (Wildman–Crippen MR) is 53.9 cm³/mol. The van der Waals surface area contributed by atoms with Crippen molar-refractivity contribution in [2.24, 2.45) is 0 Å². The standard InChI is InChI=1S/C7H6BrNO4S/c1-14(12,13)7-4-5(9(10)11)2-3-6(7)8/h2-4H,1H3. The van der Waals surface area contributed by atoms with Crippen LogP contribution in [0.25, 0.3) is 0 Å². The molecule has 0 fully saturated rings. The van der Waals surface area contributed by atoms with E-state index >= 15 is 0 Å². The molecule has 76 valence electrons. The maximum atomic E-state index is 11.2. The van der Waals surface area contributed by atoms with Crippen LogP contribution in [0, 0.1) is 10.1 Å². The van der Waals surface area contributed by atoms with Gasteiger partial charge in [0, 0.05) is 22.9 Å². The van der Waals surface area contributed by atoms with Crippen LogP contribution in [0.4, 0.5) is 5.69 Å². The fourth-order valence-electron chi connectivity index (χ4n) is 0.890. The SMILES string of the molecule is CS(=O)(=O)c1cc([N+](=O)[O-])ccc1Br. The molecule has 0 saturated heterocycles. The van der Waals surface area contributed by atoms with Gasteiger partial charge < -0.3 is 0 Å². The Balaban J connectivity index is 3.44. The van der Waals surface area contributed by atoms with Crippen molar-refractivity contribution in [3.63, 3.8) is 0 Å². The Morgan fingerprint density at radius 1 is 1.43 bits per heavy atom. The maximum Gasteiger partial charge on any atom is 0.270 e. The molecule has 0 heterocycles. The van der Waals surface area contributed by atoms with Crippen molar-refractivity contribution >= 4 is 31.5 Å². The number of nitro benzene ring substituents is 1. The van der Waals surface area contributed by atoms with Crippen LogP contribution in [0.5, 0.6) is 0 Å². The lowest BCUT2D eigenvalue weighted by atomic mass is 10.3. The Morgan fingerprint density at radius 3 is 2.43 bits per heavy atom. The minimum atomic E-state index is -3.44. The first kappa shape index (κ1) is 11.1. The zero-order valence-electron chi connectivity index (χ0n) is 7.10. The van der Waals surface area contributed by atoms with E-state index in [0.29, 0.717) is 4.47 Å². The van der Waals surface area contributed by atoms with Crippen LogP contribution in [0.15, 0.2) is 27.6 Å². The van der Waals surface area contributed by atoms with Crippen molar-refractivity contribution in [1.82, 2.24) is 0 Å². The highest BCUT2D eigenvalue weighted by Gasteiger charge is 2.16. The fraction of sp³-hybridized carbons (Fsp3) is 0.143. The zero-order valence-corrected chi connectivity index (χ0v) is 9.50. The molecule has 7 heteroatoms. The van der Waals surface area contributed by atoms with Gasteiger partial charge in [-0.1, -0.05) is 0 Å². The smallest absolute Gasteiger partial charge is 0.258 e. The molecule has 0 unspecified atom stereocenters. The summed E-state index contributed by atoms with van der Waals surface area (Å²) >= 11 is 3.01. The van der Waals surface area contributed by atoms with Crippen molar-refractivity contribution in [3.8, 4) is 0 Å². The molecule has 0 bridgehead atoms. The van der Waals surface area contributed by atoms with Crippen molar-refractivity contribution in [2.45, 2.75) is 4.90 Å². The van der Waals surface area contributed by atoms with Gasteiger partial charge in [0.2, 0.25) is 0 Å². The van der Waals surface area contributed by atoms with Gasteiger partial charge in [-0.05, 0) is 22.0 Å². The van der Waals surface area contributed by atoms with Gasteiger partial charge in [0.05, 0.1) is 9.82 Å². The third-order valence-electron chi connectivity index (χ3n) is 1.53. The summed E-state index contributed by atoms with van der Waals surface area (Å²) in [6.07, 6.45) is 0.997. The van der Waals surface area contributed by atoms with Crippen molar-refractivity contribution < 1.29 is 13.3 Å². The summed E-state index contributed by atoms with van der Waals surface area (Å²) in [7, 11) is -3.44. The van der Waals surface area contributed by atoms with Gasteiger partial charge in [-0.15, -0.1) is 0 Å². The summed E-state index contributed by atoms with van der Waals surface area (Å²) in [5.74, 6) is 0. The molecular formula is C7H6BrNO4S. The molecule has 0 atom stereocenters. The summed E-state index contributed by atoms with van der Waals surface area (Å²) < 4.78 is 22.7. The lowest BCUT2D eigenvalue weighted by Gasteiger charge is -2.00. The van der Waals surface area contributed by atoms with Gasteiger partial charge in [0.1, 0.15) is 0 Å². The molecule has 0 amide bonds. The van der Waals surface area contributed by atoms with Crippen LogP contribution < -0.4 is 0 Å². The number of nitrogens with zero attached hydrogens (tertiary/aromatic N) is 1. The predicted octanol–water partition coefficient (Wildman–Crippen LogP) is 1.76. The Kier molecular flexibility index (Phi) is 2.91. The number of sulfone groups is 1. The lowest BCUT2D eigenvalue weighted by molar-refractivity contribution is -0.385. The van der Waals surface area contributed by atoms with Gasteiger partial charge in [-0.3, -0.25) is 10.1 Å². The minimum absolute atomic E-state index is 0.0771. The number of halogens is 1. The van der Waals surface area contributed by atoms with E-state index in [-0.39, 0.29) is 10.6 Å². The van der Waals surface area contributed by atoms with Gasteiger partial charge in [-0.25, -0.2) is 8.42 Å². The number of rotatable bonds is 2. The second-order valence-corrected chi connectivity index (χ2v) is 5.48. The van der Waals surface area contributed by atoms with E-state index in [1.165, 1.54) is 12.1 Å². The van der Waals surface area contributed by atoms with Crippen LogP contribution in [0.1, 0.15) is 0 Å². The minimum Gasteiger partial charge on any atom is -0.258 e. The molecule has 0 aliphatic rings. The number of hydrogen-bond acceptors (Lipinski definition) is 4. The molecule has 1 rings (SSSR count). The van der Waals surface area contributed by atoms with Crippen LogP contribution in [-0.2, 0) is 9.84 Å². The molecule has 0 N–H and O–H groups in total. The molecule has 0 radical (unpaired) electrons. The summed E-state index contributed by atoms with van der Waals surface area (Å²) in [5, 5.41) is 10.4. The third kappa shape index (κ3) is 2.30. The molecule has 1 aromatic rings. The Bertz CT molecular complexity index is 482. The Hall–Kier alpha value is -0.950. The number of non-ortho nitro benzene ring substituents is 1. The molecule has 0 aromatic heterocycles. The first-order valence-electron chi connectivity index (χ1n) is 3.46. The van der Waals surface area contributed by atoms with Gasteiger partial charge >= 0.3 is 0 Å². The van der Waals surface area contributed by atoms with E-state index in [1.54, 1.807) is 0 Å². The molecule has 14 heavy (non-hydrogen) atoms. The number of hydrogen-bond donors (Lipinski definition) is 0. The number of nitro groups is 1. The molecular weight excluding hydrogens is 274 g/mol. The highest BCUT2D eigenvalue weighted by atomic mass is 79.9. The largest absolute Gasteiger partial charge is 0.270 e. The van der Waals surface area contributed by atoms with E-state index < -0.39 is 14.8 Å². The quantitative estimate of drug-likeness (QED) is 0.611. The fourth-order valence-corrected chi connectivity index (χ4v) is 2.78. The molecule has 0 saturated carbocycles. The van der Waals surface area contributed by atoms with Crippen molar-refractivity contribution in [1.29, 1.82) is 0 Å². The molecule has 0 spiro atoms. The van der Waals surface area contributed by atoms with Gasteiger partial charge in [-0.2, -0.15) is 0 Å². The second kappa shape index (κ2) is 3.66. The molecule has 0 aliphatic carbocycles. The third-order valence-corrected chi connectivity index (χ3v) is 3.62. The molecule has 5 nitrogen and oxygen atoms in total. The lowest BCUT2D eigenvalue weighted by Crippen LogP contribution is -1.99. The highest BCUT2D eigenvalue weighted by molar-refractivity contribution is 9.10. The van der Waals surface area contributed by atoms with Crippen LogP contribution in [0.2, 0.25) is 0 Å². The topological polar surface area (TPSA) is 77.3 Å². The maximum absolute atomic E-state index is 11.2. The number of benzene rings is 1. The second-order valence-electron chi connectivity index (χ2n) is 2.64.